The van der Waals surface area contributed by atoms with Crippen LogP contribution in [0.1, 0.15) is 5.56 Å². The standard InChI is InChI=1S/C14H9BrF3N3O2S/c15-9-1-4-13(11(6-9)14(16,17)18)24(22,23)21-10-2-3-12-8(5-10)7-19-20-12/h1-7,21H,(H,19,20). The molecular formula is C14H9BrF3N3O2S. The van der Waals surface area contributed by atoms with Gasteiger partial charge in [0.2, 0.25) is 0 Å². The average molecular weight is 420 g/mol. The van der Waals surface area contributed by atoms with Crippen molar-refractivity contribution in [2.24, 2.45) is 0 Å². The largest absolute Gasteiger partial charge is 0.417 e. The van der Waals surface area contributed by atoms with Gasteiger partial charge in [0.05, 0.1) is 22.2 Å². The second kappa shape index (κ2) is 5.78. The van der Waals surface area contributed by atoms with E-state index in [4.69, 9.17) is 0 Å². The molecule has 24 heavy (non-hydrogen) atoms. The third kappa shape index (κ3) is 3.24. The van der Waals surface area contributed by atoms with Gasteiger partial charge < -0.3 is 0 Å². The maximum absolute atomic E-state index is 13.1. The first-order valence-electron chi connectivity index (χ1n) is 6.49. The number of benzene rings is 2. The summed E-state index contributed by atoms with van der Waals surface area (Å²) in [6.07, 6.45) is -3.32. The topological polar surface area (TPSA) is 74.8 Å². The van der Waals surface area contributed by atoms with E-state index < -0.39 is 26.7 Å². The molecule has 0 bridgehead atoms. The molecule has 0 aliphatic carbocycles. The summed E-state index contributed by atoms with van der Waals surface area (Å²) in [6, 6.07) is 7.36. The fourth-order valence-corrected chi connectivity index (χ4v) is 3.79. The van der Waals surface area contributed by atoms with Gasteiger partial charge in [0.1, 0.15) is 0 Å². The maximum Gasteiger partial charge on any atom is 0.417 e. The van der Waals surface area contributed by atoms with Crippen LogP contribution in [0.2, 0.25) is 0 Å². The van der Waals surface area contributed by atoms with Crippen LogP contribution < -0.4 is 4.72 Å². The molecule has 2 N–H and O–H groups in total. The van der Waals surface area contributed by atoms with E-state index in [1.54, 1.807) is 6.07 Å². The highest BCUT2D eigenvalue weighted by molar-refractivity contribution is 9.10. The van der Waals surface area contributed by atoms with Gasteiger partial charge in [-0.2, -0.15) is 18.3 Å². The molecular weight excluding hydrogens is 411 g/mol. The van der Waals surface area contributed by atoms with Crippen molar-refractivity contribution in [2.75, 3.05) is 4.72 Å². The van der Waals surface area contributed by atoms with E-state index in [2.05, 4.69) is 30.8 Å². The van der Waals surface area contributed by atoms with E-state index in [9.17, 15) is 21.6 Å². The predicted octanol–water partition coefficient (Wildman–Crippen LogP) is 4.15. The van der Waals surface area contributed by atoms with Crippen LogP contribution in [0.3, 0.4) is 0 Å². The highest BCUT2D eigenvalue weighted by Crippen LogP contribution is 2.36. The van der Waals surface area contributed by atoms with Crippen molar-refractivity contribution >= 4 is 42.5 Å². The van der Waals surface area contributed by atoms with E-state index in [1.165, 1.54) is 24.4 Å². The number of nitrogens with one attached hydrogen (secondary N) is 2. The molecule has 0 aliphatic rings. The molecule has 126 valence electrons. The summed E-state index contributed by atoms with van der Waals surface area (Å²) >= 11 is 2.92. The van der Waals surface area contributed by atoms with Crippen molar-refractivity contribution in [3.05, 3.63) is 52.6 Å². The van der Waals surface area contributed by atoms with E-state index in [0.717, 1.165) is 12.1 Å². The summed E-state index contributed by atoms with van der Waals surface area (Å²) in [6.45, 7) is 0. The summed E-state index contributed by atoms with van der Waals surface area (Å²) in [5.74, 6) is 0. The molecule has 0 fully saturated rings. The molecule has 0 unspecified atom stereocenters. The molecule has 0 atom stereocenters. The summed E-state index contributed by atoms with van der Waals surface area (Å²) in [7, 11) is -4.42. The summed E-state index contributed by atoms with van der Waals surface area (Å²) < 4.78 is 66.5. The third-order valence-electron chi connectivity index (χ3n) is 3.23. The average Bonchev–Trinajstić information content (AvgIpc) is 2.93. The van der Waals surface area contributed by atoms with Gasteiger partial charge in [0.15, 0.2) is 0 Å². The molecule has 5 nitrogen and oxygen atoms in total. The number of hydrogen-bond acceptors (Lipinski definition) is 3. The number of sulfonamides is 1. The van der Waals surface area contributed by atoms with Crippen LogP contribution in [-0.4, -0.2) is 18.6 Å². The molecule has 2 aromatic carbocycles. The minimum absolute atomic E-state index is 0.133. The Kier molecular flexibility index (Phi) is 4.04. The van der Waals surface area contributed by atoms with Gasteiger partial charge in [0.25, 0.3) is 10.0 Å². The lowest BCUT2D eigenvalue weighted by Crippen LogP contribution is -2.19. The lowest BCUT2D eigenvalue weighted by molar-refractivity contribution is -0.139. The molecule has 0 aliphatic heterocycles. The highest BCUT2D eigenvalue weighted by atomic mass is 79.9. The number of anilines is 1. The van der Waals surface area contributed by atoms with Gasteiger partial charge in [-0.25, -0.2) is 8.42 Å². The molecule has 3 aromatic rings. The molecule has 1 aromatic heterocycles. The first-order valence-corrected chi connectivity index (χ1v) is 8.77. The van der Waals surface area contributed by atoms with Crippen molar-refractivity contribution in [2.45, 2.75) is 11.1 Å². The van der Waals surface area contributed by atoms with E-state index >= 15 is 0 Å². The number of nitrogens with zero attached hydrogens (tertiary/aromatic N) is 1. The molecule has 1 heterocycles. The van der Waals surface area contributed by atoms with Crippen molar-refractivity contribution in [3.8, 4) is 0 Å². The number of H-pyrrole nitrogens is 1. The lowest BCUT2D eigenvalue weighted by atomic mass is 10.2. The van der Waals surface area contributed by atoms with Crippen molar-refractivity contribution in [1.82, 2.24) is 10.2 Å². The van der Waals surface area contributed by atoms with Crippen LogP contribution in [0.15, 0.2) is 52.0 Å². The van der Waals surface area contributed by atoms with Gasteiger partial charge in [-0.1, -0.05) is 15.9 Å². The second-order valence-corrected chi connectivity index (χ2v) is 7.48. The Labute approximate surface area is 143 Å². The Morgan fingerprint density at radius 3 is 2.58 bits per heavy atom. The van der Waals surface area contributed by atoms with Crippen LogP contribution in [0, 0.1) is 0 Å². The van der Waals surface area contributed by atoms with Crippen LogP contribution in [0.5, 0.6) is 0 Å². The van der Waals surface area contributed by atoms with Crippen molar-refractivity contribution in [3.63, 3.8) is 0 Å². The zero-order valence-electron chi connectivity index (χ0n) is 11.7. The Bertz CT molecular complexity index is 1020. The Morgan fingerprint density at radius 2 is 1.88 bits per heavy atom. The van der Waals surface area contributed by atoms with Crippen LogP contribution in [-0.2, 0) is 16.2 Å². The van der Waals surface area contributed by atoms with Gasteiger partial charge >= 0.3 is 6.18 Å². The number of aromatic amines is 1. The molecule has 3 rings (SSSR count). The fourth-order valence-electron chi connectivity index (χ4n) is 2.17. The van der Waals surface area contributed by atoms with Crippen LogP contribution in [0.4, 0.5) is 18.9 Å². The minimum atomic E-state index is -4.80. The molecule has 0 saturated carbocycles. The smallest absolute Gasteiger partial charge is 0.280 e. The molecule has 0 spiro atoms. The van der Waals surface area contributed by atoms with Gasteiger partial charge in [-0.05, 0) is 36.4 Å². The van der Waals surface area contributed by atoms with Crippen molar-refractivity contribution < 1.29 is 21.6 Å². The zero-order valence-corrected chi connectivity index (χ0v) is 14.1. The normalized spacial score (nSPS) is 12.5. The van der Waals surface area contributed by atoms with Crippen LogP contribution >= 0.6 is 15.9 Å². The Hall–Kier alpha value is -2.07. The van der Waals surface area contributed by atoms with Crippen molar-refractivity contribution in [1.29, 1.82) is 0 Å². The fraction of sp³-hybridized carbons (Fsp3) is 0.0714. The minimum Gasteiger partial charge on any atom is -0.280 e. The molecule has 0 amide bonds. The zero-order chi connectivity index (χ0) is 17.5. The number of alkyl halides is 3. The number of aromatic nitrogens is 2. The highest BCUT2D eigenvalue weighted by Gasteiger charge is 2.37. The van der Waals surface area contributed by atoms with E-state index in [0.29, 0.717) is 10.9 Å². The summed E-state index contributed by atoms with van der Waals surface area (Å²) in [5.41, 5.74) is -0.425. The first-order chi connectivity index (χ1) is 11.2. The predicted molar refractivity (Wildman–Crippen MR) is 86.0 cm³/mol. The number of rotatable bonds is 3. The number of hydrogen-bond donors (Lipinski definition) is 2. The van der Waals surface area contributed by atoms with E-state index in [1.807, 2.05) is 0 Å². The number of halogens is 4. The Balaban J connectivity index is 2.04. The molecule has 10 heteroatoms. The van der Waals surface area contributed by atoms with Gasteiger partial charge in [0, 0.05) is 15.5 Å². The maximum atomic E-state index is 13.1. The lowest BCUT2D eigenvalue weighted by Gasteiger charge is -2.15. The molecule has 0 saturated heterocycles. The molecule has 0 radical (unpaired) electrons. The monoisotopic (exact) mass is 419 g/mol. The van der Waals surface area contributed by atoms with Gasteiger partial charge in [-0.15, -0.1) is 0 Å². The summed E-state index contributed by atoms with van der Waals surface area (Å²) in [5, 5.41) is 7.12. The van der Waals surface area contributed by atoms with Gasteiger partial charge in [-0.3, -0.25) is 9.82 Å². The number of fused-ring (bicyclic) bond motifs is 1. The van der Waals surface area contributed by atoms with Crippen LogP contribution in [0.25, 0.3) is 10.9 Å². The quantitative estimate of drug-likeness (QED) is 0.669. The first kappa shape index (κ1) is 16.8. The summed E-state index contributed by atoms with van der Waals surface area (Å²) in [4.78, 5) is -0.842. The van der Waals surface area contributed by atoms with E-state index in [-0.39, 0.29) is 10.2 Å². The Morgan fingerprint density at radius 1 is 1.12 bits per heavy atom. The SMILES string of the molecule is O=S(=O)(Nc1ccc2[nH]ncc2c1)c1ccc(Br)cc1C(F)(F)F. The third-order valence-corrected chi connectivity index (χ3v) is 5.16. The second-order valence-electron chi connectivity index (χ2n) is 4.92.